The Morgan fingerprint density at radius 2 is 1.09 bits per heavy atom. The van der Waals surface area contributed by atoms with E-state index in [0.717, 1.165) is 16.7 Å². The van der Waals surface area contributed by atoms with Crippen molar-refractivity contribution in [3.05, 3.63) is 119 Å². The molecule has 0 spiro atoms. The Kier molecular flexibility index (Phi) is 6.25. The largest absolute Gasteiger partial charge is 0.505 e. The van der Waals surface area contributed by atoms with Crippen LogP contribution in [0, 0.1) is 0 Å². The Morgan fingerprint density at radius 1 is 0.588 bits per heavy atom. The molecule has 4 rings (SSSR count). The molecular formula is C30H31N3O. The van der Waals surface area contributed by atoms with Crippen LogP contribution in [0.3, 0.4) is 0 Å². The standard InChI is InChI=1S/C30H31N3O/c1-29(2,21-13-7-5-8-14-21)23-19-24(30(3,4)22-15-9-6-10-16-22)28(34)27(20-23)33-32-26-18-12-11-17-25(26)31/h5-20,34H,31H2,1-4H3. The van der Waals surface area contributed by atoms with E-state index < -0.39 is 5.41 Å². The van der Waals surface area contributed by atoms with E-state index in [2.05, 4.69) is 68.3 Å². The number of anilines is 1. The smallest absolute Gasteiger partial charge is 0.147 e. The molecule has 0 amide bonds. The lowest BCUT2D eigenvalue weighted by Crippen LogP contribution is -2.23. The second-order valence-corrected chi connectivity index (χ2v) is 9.63. The van der Waals surface area contributed by atoms with E-state index in [1.54, 1.807) is 6.07 Å². The first kappa shape index (κ1) is 23.2. The lowest BCUT2D eigenvalue weighted by Gasteiger charge is -2.32. The summed E-state index contributed by atoms with van der Waals surface area (Å²) in [5, 5.41) is 20.2. The van der Waals surface area contributed by atoms with Gasteiger partial charge in [-0.25, -0.2) is 0 Å². The average molecular weight is 450 g/mol. The number of hydrogen-bond acceptors (Lipinski definition) is 4. The van der Waals surface area contributed by atoms with Crippen molar-refractivity contribution >= 4 is 17.1 Å². The van der Waals surface area contributed by atoms with Crippen molar-refractivity contribution in [2.75, 3.05) is 5.73 Å². The second kappa shape index (κ2) is 9.14. The molecule has 4 aromatic carbocycles. The van der Waals surface area contributed by atoms with Crippen molar-refractivity contribution in [3.8, 4) is 5.75 Å². The molecule has 4 nitrogen and oxygen atoms in total. The normalized spacial score (nSPS) is 12.2. The van der Waals surface area contributed by atoms with Crippen molar-refractivity contribution in [1.82, 2.24) is 0 Å². The number of para-hydroxylation sites is 1. The summed E-state index contributed by atoms with van der Waals surface area (Å²) < 4.78 is 0. The van der Waals surface area contributed by atoms with Crippen molar-refractivity contribution in [1.29, 1.82) is 0 Å². The van der Waals surface area contributed by atoms with Gasteiger partial charge >= 0.3 is 0 Å². The highest BCUT2D eigenvalue weighted by Gasteiger charge is 2.32. The minimum Gasteiger partial charge on any atom is -0.505 e. The molecule has 0 bridgehead atoms. The predicted octanol–water partition coefficient (Wildman–Crippen LogP) is 8.04. The molecule has 4 aromatic rings. The molecule has 0 saturated carbocycles. The number of rotatable bonds is 6. The third-order valence-corrected chi connectivity index (χ3v) is 6.68. The SMILES string of the molecule is CC(C)(c1ccccc1)c1cc(N=Nc2ccccc2N)c(O)c(C(C)(C)c2ccccc2)c1. The summed E-state index contributed by atoms with van der Waals surface area (Å²) in [6.07, 6.45) is 0. The summed E-state index contributed by atoms with van der Waals surface area (Å²) in [7, 11) is 0. The summed E-state index contributed by atoms with van der Waals surface area (Å²) in [6.45, 7) is 8.60. The van der Waals surface area contributed by atoms with Crippen molar-refractivity contribution in [2.24, 2.45) is 10.2 Å². The number of azo groups is 1. The van der Waals surface area contributed by atoms with E-state index >= 15 is 0 Å². The topological polar surface area (TPSA) is 71.0 Å². The molecule has 172 valence electrons. The molecule has 0 atom stereocenters. The van der Waals surface area contributed by atoms with Crippen LogP contribution in [0.4, 0.5) is 17.1 Å². The molecule has 0 fully saturated rings. The van der Waals surface area contributed by atoms with E-state index in [-0.39, 0.29) is 11.2 Å². The van der Waals surface area contributed by atoms with E-state index in [1.807, 2.05) is 60.7 Å². The Morgan fingerprint density at radius 3 is 1.68 bits per heavy atom. The molecule has 3 N–H and O–H groups in total. The van der Waals surface area contributed by atoms with Crippen LogP contribution in [-0.2, 0) is 10.8 Å². The Balaban J connectivity index is 1.92. The maximum atomic E-state index is 11.4. The highest BCUT2D eigenvalue weighted by Crippen LogP contribution is 2.46. The van der Waals surface area contributed by atoms with E-state index in [0.29, 0.717) is 17.1 Å². The first-order chi connectivity index (χ1) is 16.2. The van der Waals surface area contributed by atoms with Gasteiger partial charge in [-0.15, -0.1) is 10.2 Å². The molecule has 0 heterocycles. The quantitative estimate of drug-likeness (QED) is 0.231. The van der Waals surface area contributed by atoms with Crippen LogP contribution in [0.5, 0.6) is 5.75 Å². The minimum absolute atomic E-state index is 0.125. The average Bonchev–Trinajstić information content (AvgIpc) is 2.85. The summed E-state index contributed by atoms with van der Waals surface area (Å²) in [6, 6.07) is 31.9. The first-order valence-electron chi connectivity index (χ1n) is 11.5. The van der Waals surface area contributed by atoms with Gasteiger partial charge in [-0.1, -0.05) is 107 Å². The molecule has 4 heteroatoms. The van der Waals surface area contributed by atoms with Crippen LogP contribution >= 0.6 is 0 Å². The molecule has 0 aliphatic carbocycles. The summed E-state index contributed by atoms with van der Waals surface area (Å²) in [5.74, 6) is 0.125. The van der Waals surface area contributed by atoms with Gasteiger partial charge in [-0.3, -0.25) is 0 Å². The highest BCUT2D eigenvalue weighted by atomic mass is 16.3. The van der Waals surface area contributed by atoms with Crippen LogP contribution in [0.2, 0.25) is 0 Å². The van der Waals surface area contributed by atoms with Crippen LogP contribution in [0.25, 0.3) is 0 Å². The number of benzene rings is 4. The number of nitrogens with zero attached hydrogens (tertiary/aromatic N) is 2. The van der Waals surface area contributed by atoms with E-state index in [4.69, 9.17) is 5.73 Å². The fraction of sp³-hybridized carbons (Fsp3) is 0.200. The van der Waals surface area contributed by atoms with Gasteiger partial charge in [-0.05, 0) is 34.9 Å². The predicted molar refractivity (Wildman–Crippen MR) is 140 cm³/mol. The lowest BCUT2D eigenvalue weighted by atomic mass is 9.72. The minimum atomic E-state index is -0.454. The van der Waals surface area contributed by atoms with Gasteiger partial charge in [0.25, 0.3) is 0 Å². The summed E-state index contributed by atoms with van der Waals surface area (Å²) in [5.41, 5.74) is 11.0. The molecule has 0 radical (unpaired) electrons. The number of phenolic OH excluding ortho intramolecular Hbond substituents is 1. The summed E-state index contributed by atoms with van der Waals surface area (Å²) >= 11 is 0. The molecule has 0 aromatic heterocycles. The fourth-order valence-electron chi connectivity index (χ4n) is 4.25. The molecule has 0 unspecified atom stereocenters. The monoisotopic (exact) mass is 449 g/mol. The van der Waals surface area contributed by atoms with Crippen molar-refractivity contribution in [2.45, 2.75) is 38.5 Å². The molecule has 0 aliphatic rings. The zero-order valence-corrected chi connectivity index (χ0v) is 20.2. The third kappa shape index (κ3) is 4.44. The molecule has 34 heavy (non-hydrogen) atoms. The van der Waals surface area contributed by atoms with Crippen molar-refractivity contribution < 1.29 is 5.11 Å². The van der Waals surface area contributed by atoms with Gasteiger partial charge in [0.1, 0.15) is 17.1 Å². The van der Waals surface area contributed by atoms with Crippen LogP contribution in [0.1, 0.15) is 49.9 Å². The molecular weight excluding hydrogens is 418 g/mol. The van der Waals surface area contributed by atoms with Gasteiger partial charge in [0, 0.05) is 16.4 Å². The van der Waals surface area contributed by atoms with E-state index in [9.17, 15) is 5.11 Å². The van der Waals surface area contributed by atoms with Crippen LogP contribution in [-0.4, -0.2) is 5.11 Å². The van der Waals surface area contributed by atoms with Gasteiger partial charge in [0.2, 0.25) is 0 Å². The van der Waals surface area contributed by atoms with Gasteiger partial charge in [0.15, 0.2) is 0 Å². The molecule has 0 aliphatic heterocycles. The van der Waals surface area contributed by atoms with Gasteiger partial charge < -0.3 is 10.8 Å². The third-order valence-electron chi connectivity index (χ3n) is 6.68. The maximum Gasteiger partial charge on any atom is 0.147 e. The van der Waals surface area contributed by atoms with Gasteiger partial charge in [0.05, 0.1) is 5.69 Å². The Hall–Kier alpha value is -3.92. The number of nitrogen functional groups attached to an aromatic ring is 1. The van der Waals surface area contributed by atoms with E-state index in [1.165, 1.54) is 5.56 Å². The van der Waals surface area contributed by atoms with Crippen LogP contribution in [0.15, 0.2) is 107 Å². The number of hydrogen-bond donors (Lipinski definition) is 2. The Labute approximate surface area is 201 Å². The summed E-state index contributed by atoms with van der Waals surface area (Å²) in [4.78, 5) is 0. The van der Waals surface area contributed by atoms with Crippen molar-refractivity contribution in [3.63, 3.8) is 0 Å². The fourth-order valence-corrected chi connectivity index (χ4v) is 4.25. The lowest BCUT2D eigenvalue weighted by molar-refractivity contribution is 0.453. The highest BCUT2D eigenvalue weighted by molar-refractivity contribution is 5.65. The zero-order chi connectivity index (χ0) is 24.3. The first-order valence-corrected chi connectivity index (χ1v) is 11.5. The maximum absolute atomic E-state index is 11.4. The Bertz CT molecular complexity index is 1310. The second-order valence-electron chi connectivity index (χ2n) is 9.63. The number of phenols is 1. The zero-order valence-electron chi connectivity index (χ0n) is 20.2. The van der Waals surface area contributed by atoms with Gasteiger partial charge in [-0.2, -0.15) is 0 Å². The number of nitrogens with two attached hydrogens (primary N) is 1. The number of aromatic hydroxyl groups is 1. The molecule has 0 saturated heterocycles. The van der Waals surface area contributed by atoms with Crippen LogP contribution < -0.4 is 5.73 Å².